The second-order valence-electron chi connectivity index (χ2n) is 5.17. The van der Waals surface area contributed by atoms with Gasteiger partial charge in [-0.25, -0.2) is 0 Å². The van der Waals surface area contributed by atoms with E-state index in [1.54, 1.807) is 6.07 Å². The number of hydrogen-bond acceptors (Lipinski definition) is 3. The predicted molar refractivity (Wildman–Crippen MR) is 71.0 cm³/mol. The van der Waals surface area contributed by atoms with E-state index in [0.717, 1.165) is 25.9 Å². The average molecular weight is 284 g/mol. The number of alkyl halides is 2. The summed E-state index contributed by atoms with van der Waals surface area (Å²) in [4.78, 5) is 12.2. The fraction of sp³-hybridized carbons (Fsp3) is 0.500. The number of hydrogen-bond donors (Lipinski definition) is 2. The van der Waals surface area contributed by atoms with Gasteiger partial charge < -0.3 is 15.4 Å². The Morgan fingerprint density at radius 3 is 2.75 bits per heavy atom. The van der Waals surface area contributed by atoms with Crippen LogP contribution in [0.15, 0.2) is 24.3 Å². The summed E-state index contributed by atoms with van der Waals surface area (Å²) < 4.78 is 28.6. The maximum atomic E-state index is 12.2. The quantitative estimate of drug-likeness (QED) is 0.891. The van der Waals surface area contributed by atoms with Crippen LogP contribution in [-0.4, -0.2) is 31.1 Å². The number of nitrogens with one attached hydrogen (secondary N) is 2. The molecule has 1 amide bonds. The topological polar surface area (TPSA) is 50.4 Å². The zero-order valence-corrected chi connectivity index (χ0v) is 11.3. The zero-order valence-electron chi connectivity index (χ0n) is 11.3. The molecule has 20 heavy (non-hydrogen) atoms. The van der Waals surface area contributed by atoms with Gasteiger partial charge in [0.05, 0.1) is 0 Å². The molecule has 0 radical (unpaired) electrons. The Morgan fingerprint density at radius 2 is 2.10 bits per heavy atom. The van der Waals surface area contributed by atoms with Crippen LogP contribution in [0.1, 0.15) is 30.1 Å². The van der Waals surface area contributed by atoms with E-state index in [2.05, 4.69) is 15.4 Å². The predicted octanol–water partition coefficient (Wildman–Crippen LogP) is 2.16. The first-order chi connectivity index (χ1) is 9.48. The van der Waals surface area contributed by atoms with Gasteiger partial charge in [-0.05, 0) is 51.1 Å². The first-order valence-corrected chi connectivity index (χ1v) is 6.57. The standard InChI is InChI=1S/C14H18F2N2O2/c1-14(5-7-17-8-6-14)18-12(19)10-3-2-4-11(9-10)20-13(15)16/h2-4,9,13,17H,5-8H2,1H3,(H,18,19). The maximum Gasteiger partial charge on any atom is 0.387 e. The minimum absolute atomic E-state index is 0.0110. The van der Waals surface area contributed by atoms with Gasteiger partial charge in [0.15, 0.2) is 0 Å². The average Bonchev–Trinajstić information content (AvgIpc) is 2.38. The minimum Gasteiger partial charge on any atom is -0.435 e. The number of carbonyl (C=O) groups excluding carboxylic acids is 1. The van der Waals surface area contributed by atoms with E-state index in [1.165, 1.54) is 18.2 Å². The van der Waals surface area contributed by atoms with Crippen molar-refractivity contribution in [3.05, 3.63) is 29.8 Å². The van der Waals surface area contributed by atoms with Crippen LogP contribution in [0, 0.1) is 0 Å². The summed E-state index contributed by atoms with van der Waals surface area (Å²) in [6, 6.07) is 5.83. The number of piperidine rings is 1. The van der Waals surface area contributed by atoms with Crippen LogP contribution < -0.4 is 15.4 Å². The molecule has 1 heterocycles. The lowest BCUT2D eigenvalue weighted by atomic mass is 9.90. The van der Waals surface area contributed by atoms with Crippen molar-refractivity contribution in [2.75, 3.05) is 13.1 Å². The number of amides is 1. The van der Waals surface area contributed by atoms with Crippen molar-refractivity contribution in [1.29, 1.82) is 0 Å². The molecule has 0 aromatic heterocycles. The summed E-state index contributed by atoms with van der Waals surface area (Å²) in [6.45, 7) is 0.803. The van der Waals surface area contributed by atoms with E-state index in [9.17, 15) is 13.6 Å². The Balaban J connectivity index is 2.05. The lowest BCUT2D eigenvalue weighted by Gasteiger charge is -2.35. The SMILES string of the molecule is CC1(NC(=O)c2cccc(OC(F)F)c2)CCNCC1. The molecule has 0 atom stereocenters. The van der Waals surface area contributed by atoms with Crippen LogP contribution in [0.5, 0.6) is 5.75 Å². The summed E-state index contributed by atoms with van der Waals surface area (Å²) in [6.07, 6.45) is 1.68. The molecule has 0 bridgehead atoms. The molecule has 1 saturated heterocycles. The van der Waals surface area contributed by atoms with Gasteiger partial charge in [-0.3, -0.25) is 4.79 Å². The molecule has 0 unspecified atom stereocenters. The molecule has 0 aliphatic carbocycles. The fourth-order valence-electron chi connectivity index (χ4n) is 2.26. The lowest BCUT2D eigenvalue weighted by Crippen LogP contribution is -2.52. The Bertz CT molecular complexity index is 474. The summed E-state index contributed by atoms with van der Waals surface area (Å²) in [5, 5.41) is 6.20. The molecule has 0 saturated carbocycles. The van der Waals surface area contributed by atoms with E-state index in [4.69, 9.17) is 0 Å². The summed E-state index contributed by atoms with van der Waals surface area (Å²) in [5.41, 5.74) is 0.0601. The molecular weight excluding hydrogens is 266 g/mol. The van der Waals surface area contributed by atoms with Crippen molar-refractivity contribution >= 4 is 5.91 Å². The van der Waals surface area contributed by atoms with Crippen LogP contribution in [0.3, 0.4) is 0 Å². The van der Waals surface area contributed by atoms with Crippen LogP contribution in [0.2, 0.25) is 0 Å². The molecule has 2 rings (SSSR count). The van der Waals surface area contributed by atoms with Crippen LogP contribution in [0.25, 0.3) is 0 Å². The van der Waals surface area contributed by atoms with Gasteiger partial charge >= 0.3 is 6.61 Å². The van der Waals surface area contributed by atoms with Gasteiger partial charge in [0, 0.05) is 11.1 Å². The van der Waals surface area contributed by atoms with Gasteiger partial charge in [0.25, 0.3) is 5.91 Å². The van der Waals surface area contributed by atoms with Gasteiger partial charge in [-0.1, -0.05) is 6.07 Å². The van der Waals surface area contributed by atoms with Gasteiger partial charge in [-0.15, -0.1) is 0 Å². The van der Waals surface area contributed by atoms with E-state index in [-0.39, 0.29) is 17.2 Å². The molecule has 1 aromatic carbocycles. The maximum absolute atomic E-state index is 12.2. The van der Waals surface area contributed by atoms with Crippen LogP contribution in [-0.2, 0) is 0 Å². The highest BCUT2D eigenvalue weighted by Gasteiger charge is 2.28. The number of ether oxygens (including phenoxy) is 1. The number of rotatable bonds is 4. The second-order valence-corrected chi connectivity index (χ2v) is 5.17. The van der Waals surface area contributed by atoms with E-state index in [1.807, 2.05) is 6.92 Å². The molecule has 2 N–H and O–H groups in total. The summed E-state index contributed by atoms with van der Waals surface area (Å²) >= 11 is 0. The summed E-state index contributed by atoms with van der Waals surface area (Å²) in [5.74, 6) is -0.280. The highest BCUT2D eigenvalue weighted by atomic mass is 19.3. The van der Waals surface area contributed by atoms with E-state index >= 15 is 0 Å². The first kappa shape index (κ1) is 14.7. The van der Waals surface area contributed by atoms with E-state index in [0.29, 0.717) is 5.56 Å². The fourth-order valence-corrected chi connectivity index (χ4v) is 2.26. The zero-order chi connectivity index (χ0) is 14.6. The molecule has 110 valence electrons. The van der Waals surface area contributed by atoms with Crippen molar-refractivity contribution in [2.45, 2.75) is 31.9 Å². The van der Waals surface area contributed by atoms with Crippen molar-refractivity contribution in [1.82, 2.24) is 10.6 Å². The minimum atomic E-state index is -2.89. The molecule has 1 aromatic rings. The Hall–Kier alpha value is -1.69. The third-order valence-corrected chi connectivity index (χ3v) is 3.44. The first-order valence-electron chi connectivity index (χ1n) is 6.57. The smallest absolute Gasteiger partial charge is 0.387 e. The largest absolute Gasteiger partial charge is 0.435 e. The van der Waals surface area contributed by atoms with Crippen LogP contribution in [0.4, 0.5) is 8.78 Å². The van der Waals surface area contributed by atoms with Crippen molar-refractivity contribution < 1.29 is 18.3 Å². The Labute approximate surface area is 116 Å². The molecular formula is C14H18F2N2O2. The van der Waals surface area contributed by atoms with Crippen molar-refractivity contribution in [3.63, 3.8) is 0 Å². The third-order valence-electron chi connectivity index (χ3n) is 3.44. The molecule has 1 fully saturated rings. The van der Waals surface area contributed by atoms with Gasteiger partial charge in [0.2, 0.25) is 0 Å². The monoisotopic (exact) mass is 284 g/mol. The number of benzene rings is 1. The highest BCUT2D eigenvalue weighted by Crippen LogP contribution is 2.20. The third kappa shape index (κ3) is 3.90. The van der Waals surface area contributed by atoms with Crippen LogP contribution >= 0.6 is 0 Å². The van der Waals surface area contributed by atoms with Gasteiger partial charge in [-0.2, -0.15) is 8.78 Å². The molecule has 0 spiro atoms. The Morgan fingerprint density at radius 1 is 1.40 bits per heavy atom. The molecule has 4 nitrogen and oxygen atoms in total. The van der Waals surface area contributed by atoms with Crippen molar-refractivity contribution in [2.24, 2.45) is 0 Å². The molecule has 1 aliphatic rings. The number of carbonyl (C=O) groups is 1. The highest BCUT2D eigenvalue weighted by molar-refractivity contribution is 5.95. The van der Waals surface area contributed by atoms with E-state index < -0.39 is 6.61 Å². The second kappa shape index (κ2) is 6.17. The Kier molecular flexibility index (Phi) is 4.54. The lowest BCUT2D eigenvalue weighted by molar-refractivity contribution is -0.0498. The molecule has 1 aliphatic heterocycles. The molecule has 6 heteroatoms. The van der Waals surface area contributed by atoms with Crippen molar-refractivity contribution in [3.8, 4) is 5.75 Å². The normalized spacial score (nSPS) is 17.8. The summed E-state index contributed by atoms with van der Waals surface area (Å²) in [7, 11) is 0. The number of halogens is 2. The van der Waals surface area contributed by atoms with Gasteiger partial charge in [0.1, 0.15) is 5.75 Å².